The van der Waals surface area contributed by atoms with Crippen LogP contribution in [-0.2, 0) is 14.8 Å². The summed E-state index contributed by atoms with van der Waals surface area (Å²) < 4.78 is 26.9. The first kappa shape index (κ1) is 22.0. The third-order valence-electron chi connectivity index (χ3n) is 3.73. The van der Waals surface area contributed by atoms with Gasteiger partial charge in [0.2, 0.25) is 15.9 Å². The van der Waals surface area contributed by atoms with E-state index in [9.17, 15) is 13.2 Å². The summed E-state index contributed by atoms with van der Waals surface area (Å²) >= 11 is 12.9. The maximum absolute atomic E-state index is 12.8. The lowest BCUT2D eigenvalue weighted by molar-refractivity contribution is -0.113. The first-order valence-electron chi connectivity index (χ1n) is 8.25. The van der Waals surface area contributed by atoms with Gasteiger partial charge in [0.25, 0.3) is 0 Å². The summed E-state index contributed by atoms with van der Waals surface area (Å²) in [6.07, 6.45) is 0. The number of benzene rings is 2. The molecule has 1 N–H and O–H groups in total. The molecule has 0 heterocycles. The molecule has 0 atom stereocenters. The van der Waals surface area contributed by atoms with Crippen LogP contribution in [0, 0.1) is 0 Å². The van der Waals surface area contributed by atoms with Gasteiger partial charge in [-0.05, 0) is 42.5 Å². The molecule has 9 heteroatoms. The number of carbonyl (C=O) groups is 1. The Kier molecular flexibility index (Phi) is 8.00. The van der Waals surface area contributed by atoms with Crippen LogP contribution in [0.3, 0.4) is 0 Å². The highest BCUT2D eigenvalue weighted by atomic mass is 35.5. The van der Waals surface area contributed by atoms with Crippen LogP contribution in [0.1, 0.15) is 13.8 Å². The van der Waals surface area contributed by atoms with E-state index >= 15 is 0 Å². The smallest absolute Gasteiger partial charge is 0.243 e. The molecule has 0 aliphatic rings. The van der Waals surface area contributed by atoms with E-state index in [1.54, 1.807) is 38.1 Å². The standard InChI is InChI=1S/C18H20Cl2N2O3S2/c1-3-22(4-2)27(24,25)15-9-10-17(16(11-15)21-18(23)12-19)26-14-7-5-13(20)6-8-14/h5-11H,3-4,12H2,1-2H3,(H,21,23). The molecular weight excluding hydrogens is 427 g/mol. The molecule has 0 radical (unpaired) electrons. The zero-order valence-corrected chi connectivity index (χ0v) is 18.1. The lowest BCUT2D eigenvalue weighted by Gasteiger charge is -2.20. The van der Waals surface area contributed by atoms with Gasteiger partial charge in [-0.2, -0.15) is 4.31 Å². The molecule has 0 unspecified atom stereocenters. The number of hydrogen-bond acceptors (Lipinski definition) is 4. The molecule has 0 aliphatic heterocycles. The molecule has 27 heavy (non-hydrogen) atoms. The van der Waals surface area contributed by atoms with Gasteiger partial charge in [-0.3, -0.25) is 4.79 Å². The molecule has 5 nitrogen and oxygen atoms in total. The zero-order valence-electron chi connectivity index (χ0n) is 14.9. The van der Waals surface area contributed by atoms with Gasteiger partial charge in [0.15, 0.2) is 0 Å². The van der Waals surface area contributed by atoms with Gasteiger partial charge >= 0.3 is 0 Å². The molecule has 0 fully saturated rings. The van der Waals surface area contributed by atoms with Crippen molar-refractivity contribution in [3.63, 3.8) is 0 Å². The molecule has 146 valence electrons. The molecule has 0 saturated carbocycles. The lowest BCUT2D eigenvalue weighted by atomic mass is 10.3. The molecule has 0 aromatic heterocycles. The highest BCUT2D eigenvalue weighted by Gasteiger charge is 2.23. The molecule has 2 aromatic carbocycles. The van der Waals surface area contributed by atoms with Crippen molar-refractivity contribution in [1.82, 2.24) is 4.31 Å². The summed E-state index contributed by atoms with van der Waals surface area (Å²) in [5.74, 6) is -0.634. The van der Waals surface area contributed by atoms with E-state index in [4.69, 9.17) is 23.2 Å². The molecule has 2 aromatic rings. The molecule has 0 aliphatic carbocycles. The number of carbonyl (C=O) groups excluding carboxylic acids is 1. The summed E-state index contributed by atoms with van der Waals surface area (Å²) in [5, 5.41) is 3.30. The molecule has 2 rings (SSSR count). The van der Waals surface area contributed by atoms with Gasteiger partial charge in [0.1, 0.15) is 5.88 Å². The SMILES string of the molecule is CCN(CC)S(=O)(=O)c1ccc(Sc2ccc(Cl)cc2)c(NC(=O)CCl)c1. The average molecular weight is 447 g/mol. The van der Waals surface area contributed by atoms with Crippen molar-refractivity contribution in [2.45, 2.75) is 28.5 Å². The fraction of sp³-hybridized carbons (Fsp3) is 0.278. The summed E-state index contributed by atoms with van der Waals surface area (Å²) in [6.45, 7) is 4.29. The Hall–Kier alpha value is -1.25. The van der Waals surface area contributed by atoms with Crippen LogP contribution in [0.5, 0.6) is 0 Å². The van der Waals surface area contributed by atoms with E-state index in [1.807, 2.05) is 12.1 Å². The molecule has 1 amide bonds. The Bertz CT molecular complexity index is 899. The van der Waals surface area contributed by atoms with Crippen LogP contribution in [-0.4, -0.2) is 37.6 Å². The van der Waals surface area contributed by atoms with Gasteiger partial charge < -0.3 is 5.32 Å². The van der Waals surface area contributed by atoms with Crippen LogP contribution in [0.25, 0.3) is 0 Å². The number of halogens is 2. The minimum atomic E-state index is -3.64. The van der Waals surface area contributed by atoms with Crippen LogP contribution in [0.2, 0.25) is 5.02 Å². The number of amides is 1. The maximum Gasteiger partial charge on any atom is 0.243 e. The highest BCUT2D eigenvalue weighted by Crippen LogP contribution is 2.36. The van der Waals surface area contributed by atoms with Crippen LogP contribution < -0.4 is 5.32 Å². The van der Waals surface area contributed by atoms with Crippen molar-refractivity contribution in [2.75, 3.05) is 24.3 Å². The Morgan fingerprint density at radius 1 is 1.11 bits per heavy atom. The summed E-state index contributed by atoms with van der Waals surface area (Å²) in [7, 11) is -3.64. The minimum absolute atomic E-state index is 0.122. The van der Waals surface area contributed by atoms with E-state index in [2.05, 4.69) is 5.32 Å². The van der Waals surface area contributed by atoms with Gasteiger partial charge in [-0.25, -0.2) is 8.42 Å². The van der Waals surface area contributed by atoms with Crippen molar-refractivity contribution >= 4 is 56.6 Å². The van der Waals surface area contributed by atoms with Crippen LogP contribution in [0.4, 0.5) is 5.69 Å². The minimum Gasteiger partial charge on any atom is -0.324 e. The number of alkyl halides is 1. The topological polar surface area (TPSA) is 66.5 Å². The Morgan fingerprint density at radius 3 is 2.30 bits per heavy atom. The number of sulfonamides is 1. The second kappa shape index (κ2) is 9.80. The summed E-state index contributed by atoms with van der Waals surface area (Å²) in [4.78, 5) is 13.5. The van der Waals surface area contributed by atoms with Gasteiger partial charge in [0, 0.05) is 27.9 Å². The Labute approximate surface area is 174 Å². The first-order chi connectivity index (χ1) is 12.8. The van der Waals surface area contributed by atoms with E-state index < -0.39 is 15.9 Å². The fourth-order valence-corrected chi connectivity index (χ4v) is 4.94. The summed E-state index contributed by atoms with van der Waals surface area (Å²) in [6, 6.07) is 11.9. The number of anilines is 1. The van der Waals surface area contributed by atoms with Crippen LogP contribution >= 0.6 is 35.0 Å². The van der Waals surface area contributed by atoms with E-state index in [-0.39, 0.29) is 10.8 Å². The first-order valence-corrected chi connectivity index (χ1v) is 11.4. The molecule has 0 spiro atoms. The number of hydrogen-bond donors (Lipinski definition) is 1. The average Bonchev–Trinajstić information content (AvgIpc) is 2.65. The molecule has 0 saturated heterocycles. The molecular formula is C18H20Cl2N2O3S2. The van der Waals surface area contributed by atoms with Crippen LogP contribution in [0.15, 0.2) is 57.2 Å². The van der Waals surface area contributed by atoms with Crippen molar-refractivity contribution in [2.24, 2.45) is 0 Å². The monoisotopic (exact) mass is 446 g/mol. The predicted octanol–water partition coefficient (Wildman–Crippen LogP) is 4.70. The Morgan fingerprint density at radius 2 is 1.74 bits per heavy atom. The second-order valence-corrected chi connectivity index (χ2v) is 9.24. The highest BCUT2D eigenvalue weighted by molar-refractivity contribution is 7.99. The zero-order chi connectivity index (χ0) is 20.0. The van der Waals surface area contributed by atoms with Gasteiger partial charge in [0.05, 0.1) is 10.6 Å². The summed E-state index contributed by atoms with van der Waals surface area (Å²) in [5.41, 5.74) is 0.397. The maximum atomic E-state index is 12.8. The van der Waals surface area contributed by atoms with Crippen molar-refractivity contribution in [1.29, 1.82) is 0 Å². The third kappa shape index (κ3) is 5.62. The third-order valence-corrected chi connectivity index (χ3v) is 7.36. The van der Waals surface area contributed by atoms with Crippen molar-refractivity contribution in [3.8, 4) is 0 Å². The van der Waals surface area contributed by atoms with E-state index in [0.717, 1.165) is 4.90 Å². The lowest BCUT2D eigenvalue weighted by Crippen LogP contribution is -2.30. The number of rotatable bonds is 8. The van der Waals surface area contributed by atoms with Crippen molar-refractivity contribution in [3.05, 3.63) is 47.5 Å². The normalized spacial score (nSPS) is 11.6. The number of nitrogens with one attached hydrogen (secondary N) is 1. The van der Waals surface area contributed by atoms with Crippen molar-refractivity contribution < 1.29 is 13.2 Å². The number of nitrogens with zero attached hydrogens (tertiary/aromatic N) is 1. The van der Waals surface area contributed by atoms with E-state index in [1.165, 1.54) is 22.1 Å². The predicted molar refractivity (Wildman–Crippen MR) is 111 cm³/mol. The van der Waals surface area contributed by atoms with Gasteiger partial charge in [-0.15, -0.1) is 11.6 Å². The molecule has 0 bridgehead atoms. The van der Waals surface area contributed by atoms with E-state index in [0.29, 0.717) is 28.7 Å². The largest absolute Gasteiger partial charge is 0.324 e. The Balaban J connectivity index is 2.45. The van der Waals surface area contributed by atoms with Gasteiger partial charge in [-0.1, -0.05) is 37.2 Å². The fourth-order valence-electron chi connectivity index (χ4n) is 2.38. The quantitative estimate of drug-likeness (QED) is 0.596. The second-order valence-electron chi connectivity index (χ2n) is 5.49.